The van der Waals surface area contributed by atoms with Gasteiger partial charge in [-0.25, -0.2) is 9.69 Å². The number of hydrogen-bond donors (Lipinski definition) is 2. The summed E-state index contributed by atoms with van der Waals surface area (Å²) in [7, 11) is 0. The van der Waals surface area contributed by atoms with Crippen molar-refractivity contribution in [3.8, 4) is 0 Å². The molecule has 1 saturated heterocycles. The van der Waals surface area contributed by atoms with Crippen molar-refractivity contribution in [3.05, 3.63) is 46.5 Å². The largest absolute Gasteiger partial charge is 0.447 e. The maximum atomic E-state index is 13.3. The van der Waals surface area contributed by atoms with Gasteiger partial charge in [-0.15, -0.1) is 0 Å². The van der Waals surface area contributed by atoms with Gasteiger partial charge in [-0.2, -0.15) is 0 Å². The van der Waals surface area contributed by atoms with Gasteiger partial charge in [0.15, 0.2) is 11.6 Å². The van der Waals surface area contributed by atoms with Crippen molar-refractivity contribution in [3.63, 3.8) is 0 Å². The van der Waals surface area contributed by atoms with Crippen LogP contribution in [0.2, 0.25) is 0 Å². The van der Waals surface area contributed by atoms with E-state index in [9.17, 15) is 19.5 Å². The molecule has 0 radical (unpaired) electrons. The third-order valence-electron chi connectivity index (χ3n) is 6.01. The zero-order valence-electron chi connectivity index (χ0n) is 20.1. The van der Waals surface area contributed by atoms with Crippen molar-refractivity contribution in [2.45, 2.75) is 44.1 Å². The molecule has 4 unspecified atom stereocenters. The number of nitrogens with zero attached hydrogens (tertiary/aromatic N) is 1. The molecule has 0 spiro atoms. The monoisotopic (exact) mass is 569 g/mol. The molecule has 2 aliphatic rings. The summed E-state index contributed by atoms with van der Waals surface area (Å²) in [6.07, 6.45) is 0.107. The summed E-state index contributed by atoms with van der Waals surface area (Å²) >= 11 is 3.21. The van der Waals surface area contributed by atoms with Crippen LogP contribution in [0.3, 0.4) is 0 Å². The summed E-state index contributed by atoms with van der Waals surface area (Å²) in [6, 6.07) is 8.92. The lowest BCUT2D eigenvalue weighted by atomic mass is 9.93. The highest BCUT2D eigenvalue weighted by Crippen LogP contribution is 2.36. The van der Waals surface area contributed by atoms with Crippen molar-refractivity contribution >= 4 is 33.7 Å². The summed E-state index contributed by atoms with van der Waals surface area (Å²) in [6.45, 7) is 2.72. The van der Waals surface area contributed by atoms with Crippen LogP contribution in [0.25, 0.3) is 0 Å². The maximum absolute atomic E-state index is 13.3. The molecule has 0 bridgehead atoms. The Balaban J connectivity index is 1.60. The van der Waals surface area contributed by atoms with Crippen LogP contribution in [0.15, 0.2) is 40.9 Å². The van der Waals surface area contributed by atoms with Crippen LogP contribution < -0.4 is 0 Å². The molecule has 198 valence electrons. The molecule has 0 aliphatic carbocycles. The van der Waals surface area contributed by atoms with Crippen molar-refractivity contribution in [2.75, 3.05) is 39.6 Å². The normalized spacial score (nSPS) is 25.0. The zero-order chi connectivity index (χ0) is 26.1. The second-order valence-electron chi connectivity index (χ2n) is 8.69. The molecule has 36 heavy (non-hydrogen) atoms. The SMILES string of the molecule is CC(C(=O)N1C(=O)OCC1Cc1ccccc1)C1OC(O)(CCCOCCOCCO)C(Br)=CC1=O. The standard InChI is InChI=1S/C25H32BrNO9/c1-17(23(30)27-19(16-35-24(27)31)14-18-6-3-2-4-7-18)22-20(29)15-21(26)25(32,36-22)8-5-10-33-12-13-34-11-9-28/h2-4,6-7,15,17,19,22,28,32H,5,8-14,16H2,1H3. The van der Waals surface area contributed by atoms with E-state index in [1.807, 2.05) is 30.3 Å². The average molecular weight is 570 g/mol. The first-order valence-corrected chi connectivity index (χ1v) is 12.7. The van der Waals surface area contributed by atoms with Crippen molar-refractivity contribution in [2.24, 2.45) is 5.92 Å². The maximum Gasteiger partial charge on any atom is 0.416 e. The van der Waals surface area contributed by atoms with Crippen molar-refractivity contribution < 1.29 is 43.5 Å². The highest BCUT2D eigenvalue weighted by atomic mass is 79.9. The Bertz CT molecular complexity index is 941. The van der Waals surface area contributed by atoms with E-state index in [4.69, 9.17) is 24.1 Å². The molecule has 2 aliphatic heterocycles. The number of ketones is 1. The highest BCUT2D eigenvalue weighted by molar-refractivity contribution is 9.11. The molecule has 11 heteroatoms. The molecular formula is C25H32BrNO9. The Morgan fingerprint density at radius 2 is 1.89 bits per heavy atom. The fourth-order valence-electron chi connectivity index (χ4n) is 4.09. The number of halogens is 1. The van der Waals surface area contributed by atoms with Crippen molar-refractivity contribution in [1.29, 1.82) is 0 Å². The van der Waals surface area contributed by atoms with Crippen LogP contribution in [0.4, 0.5) is 4.79 Å². The summed E-state index contributed by atoms with van der Waals surface area (Å²) in [5, 5.41) is 19.8. The molecular weight excluding hydrogens is 538 g/mol. The van der Waals surface area contributed by atoms with Crippen LogP contribution in [-0.4, -0.2) is 90.5 Å². The van der Waals surface area contributed by atoms with Crippen LogP contribution in [0, 0.1) is 5.92 Å². The topological polar surface area (TPSA) is 132 Å². The van der Waals surface area contributed by atoms with E-state index >= 15 is 0 Å². The van der Waals surface area contributed by atoms with Crippen LogP contribution in [0.5, 0.6) is 0 Å². The Morgan fingerprint density at radius 1 is 1.19 bits per heavy atom. The van der Waals surface area contributed by atoms with Gasteiger partial charge in [-0.3, -0.25) is 9.59 Å². The molecule has 1 fully saturated rings. The molecule has 3 rings (SSSR count). The molecule has 2 heterocycles. The van der Waals surface area contributed by atoms with Crippen LogP contribution >= 0.6 is 15.9 Å². The van der Waals surface area contributed by atoms with Crippen LogP contribution in [0.1, 0.15) is 25.3 Å². The van der Waals surface area contributed by atoms with E-state index in [0.717, 1.165) is 10.5 Å². The number of imide groups is 1. The molecule has 1 aromatic rings. The van der Waals surface area contributed by atoms with Crippen molar-refractivity contribution in [1.82, 2.24) is 4.90 Å². The molecule has 4 atom stereocenters. The fraction of sp³-hybridized carbons (Fsp3) is 0.560. The third-order valence-corrected chi connectivity index (χ3v) is 6.86. The highest BCUT2D eigenvalue weighted by Gasteiger charge is 2.48. The summed E-state index contributed by atoms with van der Waals surface area (Å²) < 4.78 is 21.6. The Hall–Kier alpha value is -2.15. The summed E-state index contributed by atoms with van der Waals surface area (Å²) in [5.41, 5.74) is 0.944. The predicted octanol–water partition coefficient (Wildman–Crippen LogP) is 1.95. The second kappa shape index (κ2) is 13.4. The molecule has 0 aromatic heterocycles. The Kier molecular flexibility index (Phi) is 10.6. The number of amides is 2. The quantitative estimate of drug-likeness (QED) is 0.342. The lowest BCUT2D eigenvalue weighted by molar-refractivity contribution is -0.217. The number of carbonyl (C=O) groups is 3. The third kappa shape index (κ3) is 7.21. The number of carbonyl (C=O) groups excluding carboxylic acids is 3. The van der Waals surface area contributed by atoms with E-state index in [1.54, 1.807) is 0 Å². The fourth-order valence-corrected chi connectivity index (χ4v) is 4.60. The van der Waals surface area contributed by atoms with E-state index in [0.29, 0.717) is 32.7 Å². The lowest BCUT2D eigenvalue weighted by Crippen LogP contribution is -2.52. The number of aliphatic hydroxyl groups is 2. The zero-order valence-corrected chi connectivity index (χ0v) is 21.7. The predicted molar refractivity (Wildman–Crippen MR) is 131 cm³/mol. The molecule has 2 N–H and O–H groups in total. The number of benzene rings is 1. The van der Waals surface area contributed by atoms with Gasteiger partial charge in [0, 0.05) is 13.0 Å². The second-order valence-corrected chi connectivity index (χ2v) is 9.54. The van der Waals surface area contributed by atoms with E-state index in [-0.39, 0.29) is 30.7 Å². The number of rotatable bonds is 13. The van der Waals surface area contributed by atoms with Gasteiger partial charge < -0.3 is 29.2 Å². The minimum atomic E-state index is -1.82. The number of hydrogen-bond acceptors (Lipinski definition) is 9. The van der Waals surface area contributed by atoms with Gasteiger partial charge in [-0.05, 0) is 40.4 Å². The van der Waals surface area contributed by atoms with E-state index < -0.39 is 41.6 Å². The van der Waals surface area contributed by atoms with Gasteiger partial charge in [0.1, 0.15) is 12.7 Å². The first-order valence-electron chi connectivity index (χ1n) is 11.9. The number of cyclic esters (lactones) is 1. The first kappa shape index (κ1) is 28.4. The molecule has 0 saturated carbocycles. The minimum absolute atomic E-state index is 0.0574. The molecule has 10 nitrogen and oxygen atoms in total. The Morgan fingerprint density at radius 3 is 2.58 bits per heavy atom. The van der Waals surface area contributed by atoms with Gasteiger partial charge in [0.25, 0.3) is 0 Å². The molecule has 2 amide bonds. The van der Waals surface area contributed by atoms with E-state index in [1.165, 1.54) is 13.0 Å². The van der Waals surface area contributed by atoms with Gasteiger partial charge in [-0.1, -0.05) is 37.3 Å². The Labute approximate surface area is 218 Å². The minimum Gasteiger partial charge on any atom is -0.447 e. The number of aliphatic hydroxyl groups excluding tert-OH is 1. The van der Waals surface area contributed by atoms with Gasteiger partial charge in [0.2, 0.25) is 5.91 Å². The smallest absolute Gasteiger partial charge is 0.416 e. The first-order chi connectivity index (χ1) is 17.3. The summed E-state index contributed by atoms with van der Waals surface area (Å²) in [5.74, 6) is -3.95. The average Bonchev–Trinajstić information content (AvgIpc) is 3.22. The number of ether oxygens (including phenoxy) is 4. The van der Waals surface area contributed by atoms with E-state index in [2.05, 4.69) is 15.9 Å². The van der Waals surface area contributed by atoms with Gasteiger partial charge in [0.05, 0.1) is 42.9 Å². The lowest BCUT2D eigenvalue weighted by Gasteiger charge is -2.37. The van der Waals surface area contributed by atoms with Gasteiger partial charge >= 0.3 is 6.09 Å². The van der Waals surface area contributed by atoms with Crippen LogP contribution in [-0.2, 0) is 35.0 Å². The molecule has 1 aromatic carbocycles. The summed E-state index contributed by atoms with van der Waals surface area (Å²) in [4.78, 5) is 39.5.